The summed E-state index contributed by atoms with van der Waals surface area (Å²) in [5.74, 6) is 16.5. The van der Waals surface area contributed by atoms with Crippen LogP contribution in [0.25, 0.3) is 0 Å². The van der Waals surface area contributed by atoms with Gasteiger partial charge in [-0.3, -0.25) is 0 Å². The van der Waals surface area contributed by atoms with Crippen molar-refractivity contribution in [1.82, 2.24) is 0 Å². The Kier molecular flexibility index (Phi) is 14.0. The van der Waals surface area contributed by atoms with E-state index in [4.69, 9.17) is 0 Å². The molecule has 8 fully saturated rings. The van der Waals surface area contributed by atoms with E-state index in [1.165, 1.54) is 23.7 Å². The quantitative estimate of drug-likeness (QED) is 0.153. The van der Waals surface area contributed by atoms with Crippen LogP contribution in [0.3, 0.4) is 0 Å². The summed E-state index contributed by atoms with van der Waals surface area (Å²) in [6.07, 6.45) is 52.5. The lowest BCUT2D eigenvalue weighted by molar-refractivity contribution is -0.0690. The molecule has 0 saturated heterocycles. The largest absolute Gasteiger partial charge is 0.0864 e. The highest BCUT2D eigenvalue weighted by Crippen LogP contribution is 2.60. The van der Waals surface area contributed by atoms with Gasteiger partial charge in [-0.15, -0.1) is 0 Å². The molecule has 286 valence electrons. The lowest BCUT2D eigenvalue weighted by Gasteiger charge is -2.56. The summed E-state index contributed by atoms with van der Waals surface area (Å²) in [6.45, 7) is 0. The Balaban J connectivity index is 0.936. The summed E-state index contributed by atoms with van der Waals surface area (Å²) in [5.41, 5.74) is 0. The molecule has 0 amide bonds. The van der Waals surface area contributed by atoms with Gasteiger partial charge < -0.3 is 0 Å². The van der Waals surface area contributed by atoms with Crippen LogP contribution in [-0.4, -0.2) is 4.43 Å². The maximum atomic E-state index is 2.72. The molecular formula is C49H83I. The van der Waals surface area contributed by atoms with E-state index in [0.717, 1.165) is 88.8 Å². The van der Waals surface area contributed by atoms with Crippen LogP contribution in [0.5, 0.6) is 0 Å². The molecule has 0 radical (unpaired) electrons. The molecule has 8 aliphatic carbocycles. The minimum atomic E-state index is 1.07. The molecule has 8 saturated carbocycles. The average molecular weight is 799 g/mol. The molecular weight excluding hydrogens is 715 g/mol. The van der Waals surface area contributed by atoms with Gasteiger partial charge in [-0.25, -0.2) is 0 Å². The second-order valence-corrected chi connectivity index (χ2v) is 22.2. The van der Waals surface area contributed by atoms with E-state index in [1.807, 2.05) is 0 Å². The van der Waals surface area contributed by atoms with E-state index < -0.39 is 0 Å². The van der Waals surface area contributed by atoms with Gasteiger partial charge in [-0.05, 0) is 164 Å². The summed E-state index contributed by atoms with van der Waals surface area (Å²) < 4.78 is 1.39. The van der Waals surface area contributed by atoms with E-state index in [2.05, 4.69) is 22.6 Å². The lowest BCUT2D eigenvalue weighted by atomic mass is 9.49. The number of halogens is 1. The van der Waals surface area contributed by atoms with Crippen LogP contribution in [0.2, 0.25) is 0 Å². The SMILES string of the molecule is ICCCC1CC(C2CCCC(C3CCCC4CCCCC43)C2)C2CCCCC2C1C1CCC(CC(C2CCCCC2)C2CCCCC2)CC1. The molecule has 0 N–H and O–H groups in total. The Morgan fingerprint density at radius 3 is 1.62 bits per heavy atom. The van der Waals surface area contributed by atoms with Gasteiger partial charge >= 0.3 is 0 Å². The van der Waals surface area contributed by atoms with E-state index in [9.17, 15) is 0 Å². The van der Waals surface area contributed by atoms with Crippen molar-refractivity contribution in [2.45, 2.75) is 212 Å². The van der Waals surface area contributed by atoms with Crippen LogP contribution >= 0.6 is 22.6 Å². The third-order valence-corrected chi connectivity index (χ3v) is 19.7. The van der Waals surface area contributed by atoms with Crippen molar-refractivity contribution in [3.05, 3.63) is 0 Å². The van der Waals surface area contributed by atoms with Crippen LogP contribution < -0.4 is 0 Å². The number of hydrogen-bond acceptors (Lipinski definition) is 0. The third kappa shape index (κ3) is 8.74. The molecule has 10 atom stereocenters. The Morgan fingerprint density at radius 2 is 0.920 bits per heavy atom. The van der Waals surface area contributed by atoms with Crippen LogP contribution in [0.15, 0.2) is 0 Å². The molecule has 0 heterocycles. The van der Waals surface area contributed by atoms with Crippen molar-refractivity contribution in [3.63, 3.8) is 0 Å². The number of alkyl halides is 1. The fourth-order valence-corrected chi connectivity index (χ4v) is 17.3. The van der Waals surface area contributed by atoms with E-state index in [-0.39, 0.29) is 0 Å². The average Bonchev–Trinajstić information content (AvgIpc) is 3.19. The van der Waals surface area contributed by atoms with Crippen molar-refractivity contribution in [1.29, 1.82) is 0 Å². The highest BCUT2D eigenvalue weighted by Gasteiger charge is 2.51. The van der Waals surface area contributed by atoms with Gasteiger partial charge in [-0.2, -0.15) is 0 Å². The summed E-state index contributed by atoms with van der Waals surface area (Å²) in [7, 11) is 0. The minimum Gasteiger partial charge on any atom is -0.0864 e. The van der Waals surface area contributed by atoms with Gasteiger partial charge in [0.1, 0.15) is 0 Å². The Labute approximate surface area is 325 Å². The zero-order valence-electron chi connectivity index (χ0n) is 33.1. The molecule has 0 spiro atoms. The van der Waals surface area contributed by atoms with Crippen molar-refractivity contribution < 1.29 is 0 Å². The molecule has 0 aromatic heterocycles. The highest BCUT2D eigenvalue weighted by atomic mass is 127. The zero-order chi connectivity index (χ0) is 33.7. The predicted octanol–water partition coefficient (Wildman–Crippen LogP) is 15.6. The first kappa shape index (κ1) is 37.6. The zero-order valence-corrected chi connectivity index (χ0v) is 35.2. The second kappa shape index (κ2) is 18.6. The molecule has 10 unspecified atom stereocenters. The first-order valence-electron chi connectivity index (χ1n) is 24.3. The normalized spacial score (nSPS) is 44.0. The molecule has 8 aliphatic rings. The summed E-state index contributed by atoms with van der Waals surface area (Å²) >= 11 is 2.72. The van der Waals surface area contributed by atoms with Crippen LogP contribution in [0, 0.1) is 88.8 Å². The van der Waals surface area contributed by atoms with Gasteiger partial charge in [0.25, 0.3) is 0 Å². The maximum Gasteiger partial charge on any atom is -0.000462 e. The first-order valence-corrected chi connectivity index (χ1v) is 25.8. The van der Waals surface area contributed by atoms with Crippen molar-refractivity contribution in [2.24, 2.45) is 88.8 Å². The van der Waals surface area contributed by atoms with Gasteiger partial charge in [-0.1, -0.05) is 164 Å². The lowest BCUT2D eigenvalue weighted by Crippen LogP contribution is -2.48. The molecule has 0 bridgehead atoms. The van der Waals surface area contributed by atoms with Crippen molar-refractivity contribution in [3.8, 4) is 0 Å². The van der Waals surface area contributed by atoms with Crippen molar-refractivity contribution >= 4 is 22.6 Å². The Bertz CT molecular complexity index is 963. The fraction of sp³-hybridized carbons (Fsp3) is 1.00. The molecule has 0 aliphatic heterocycles. The molecule has 1 heteroatoms. The Morgan fingerprint density at radius 1 is 0.400 bits per heavy atom. The van der Waals surface area contributed by atoms with E-state index in [1.54, 1.807) is 193 Å². The summed E-state index contributed by atoms with van der Waals surface area (Å²) in [6, 6.07) is 0. The number of rotatable bonds is 10. The topological polar surface area (TPSA) is 0 Å². The smallest absolute Gasteiger partial charge is 0.000462 e. The molecule has 0 aromatic carbocycles. The molecule has 50 heavy (non-hydrogen) atoms. The monoisotopic (exact) mass is 799 g/mol. The van der Waals surface area contributed by atoms with E-state index in [0.29, 0.717) is 0 Å². The maximum absolute atomic E-state index is 2.72. The Hall–Kier alpha value is 0.730. The molecule has 8 rings (SSSR count). The predicted molar refractivity (Wildman–Crippen MR) is 224 cm³/mol. The van der Waals surface area contributed by atoms with Gasteiger partial charge in [0.05, 0.1) is 0 Å². The third-order valence-electron chi connectivity index (χ3n) is 18.9. The van der Waals surface area contributed by atoms with Crippen LogP contribution in [-0.2, 0) is 0 Å². The minimum absolute atomic E-state index is 1.07. The second-order valence-electron chi connectivity index (χ2n) is 21.1. The van der Waals surface area contributed by atoms with Gasteiger partial charge in [0, 0.05) is 0 Å². The number of hydrogen-bond donors (Lipinski definition) is 0. The van der Waals surface area contributed by atoms with Gasteiger partial charge in [0.15, 0.2) is 0 Å². The molecule has 0 aromatic rings. The standard InChI is InChI=1S/C49H83I/c50-31-13-22-42-34-48(41-21-11-20-40(33-41)44-26-12-19-36-18-7-8-23-43(36)44)45-24-9-10-25-46(45)49(42)39-29-27-35(28-30-39)32-47(37-14-3-1-4-15-37)38-16-5-2-6-17-38/h35-49H,1-34H2. The summed E-state index contributed by atoms with van der Waals surface area (Å²) in [4.78, 5) is 0. The van der Waals surface area contributed by atoms with Crippen LogP contribution in [0.1, 0.15) is 212 Å². The van der Waals surface area contributed by atoms with Crippen molar-refractivity contribution in [2.75, 3.05) is 4.43 Å². The number of fused-ring (bicyclic) bond motifs is 2. The van der Waals surface area contributed by atoms with Crippen LogP contribution in [0.4, 0.5) is 0 Å². The highest BCUT2D eigenvalue weighted by molar-refractivity contribution is 14.1. The summed E-state index contributed by atoms with van der Waals surface area (Å²) in [5, 5.41) is 0. The molecule has 0 nitrogen and oxygen atoms in total. The van der Waals surface area contributed by atoms with E-state index >= 15 is 0 Å². The van der Waals surface area contributed by atoms with Gasteiger partial charge in [0.2, 0.25) is 0 Å². The first-order chi connectivity index (χ1) is 24.8. The fourth-order valence-electron chi connectivity index (χ4n) is 16.9.